The van der Waals surface area contributed by atoms with Crippen LogP contribution in [0.3, 0.4) is 0 Å². The van der Waals surface area contributed by atoms with E-state index in [1.165, 1.54) is 0 Å². The number of amides is 1. The zero-order valence-corrected chi connectivity index (χ0v) is 13.0. The Morgan fingerprint density at radius 2 is 2.00 bits per heavy atom. The van der Waals surface area contributed by atoms with Gasteiger partial charge in [0.2, 0.25) is 0 Å². The van der Waals surface area contributed by atoms with E-state index in [9.17, 15) is 4.79 Å². The van der Waals surface area contributed by atoms with Crippen LogP contribution in [0.1, 0.15) is 48.5 Å². The largest absolute Gasteiger partial charge is 0.336 e. The number of hydrogen-bond donors (Lipinski definition) is 1. The Balaban J connectivity index is 2.16. The molecule has 0 saturated heterocycles. The predicted molar refractivity (Wildman–Crippen MR) is 83.1 cm³/mol. The summed E-state index contributed by atoms with van der Waals surface area (Å²) < 4.78 is 0. The van der Waals surface area contributed by atoms with E-state index in [2.05, 4.69) is 0 Å². The van der Waals surface area contributed by atoms with Gasteiger partial charge in [0, 0.05) is 18.6 Å². The topological polar surface area (TPSA) is 46.3 Å². The highest BCUT2D eigenvalue weighted by atomic mass is 35.5. The number of nitrogens with zero attached hydrogens (tertiary/aromatic N) is 1. The van der Waals surface area contributed by atoms with Gasteiger partial charge in [-0.3, -0.25) is 4.79 Å². The van der Waals surface area contributed by atoms with Crippen LogP contribution in [0.15, 0.2) is 18.2 Å². The highest BCUT2D eigenvalue weighted by Gasteiger charge is 2.28. The van der Waals surface area contributed by atoms with Gasteiger partial charge in [-0.25, -0.2) is 0 Å². The van der Waals surface area contributed by atoms with Crippen molar-refractivity contribution in [2.24, 2.45) is 5.73 Å². The molecule has 0 bridgehead atoms. The number of benzene rings is 1. The quantitative estimate of drug-likeness (QED) is 0.929. The maximum Gasteiger partial charge on any atom is 0.255 e. The van der Waals surface area contributed by atoms with Gasteiger partial charge in [0.1, 0.15) is 0 Å². The lowest BCUT2D eigenvalue weighted by molar-refractivity contribution is 0.0641. The Kier molecular flexibility index (Phi) is 5.06. The van der Waals surface area contributed by atoms with Crippen LogP contribution in [0.25, 0.3) is 0 Å². The van der Waals surface area contributed by atoms with E-state index in [-0.39, 0.29) is 5.91 Å². The van der Waals surface area contributed by atoms with E-state index in [1.807, 2.05) is 36.9 Å². The number of carbonyl (C=O) groups is 1. The summed E-state index contributed by atoms with van der Waals surface area (Å²) in [5.74, 6) is 0.0398. The first-order valence-electron chi connectivity index (χ1n) is 7.35. The molecular formula is C16H23ClN2O. The summed E-state index contributed by atoms with van der Waals surface area (Å²) in [7, 11) is 0. The van der Waals surface area contributed by atoms with Gasteiger partial charge in [0.05, 0.1) is 10.6 Å². The zero-order chi connectivity index (χ0) is 14.7. The molecule has 0 unspecified atom stereocenters. The second-order valence-corrected chi connectivity index (χ2v) is 6.05. The van der Waals surface area contributed by atoms with Gasteiger partial charge < -0.3 is 10.6 Å². The van der Waals surface area contributed by atoms with Crippen LogP contribution in [0.4, 0.5) is 0 Å². The number of hydrogen-bond acceptors (Lipinski definition) is 2. The van der Waals surface area contributed by atoms with E-state index in [0.717, 1.165) is 31.2 Å². The van der Waals surface area contributed by atoms with Crippen molar-refractivity contribution in [3.05, 3.63) is 34.3 Å². The fraction of sp³-hybridized carbons (Fsp3) is 0.562. The van der Waals surface area contributed by atoms with Crippen LogP contribution in [0.2, 0.25) is 5.02 Å². The molecule has 1 fully saturated rings. The van der Waals surface area contributed by atoms with Crippen LogP contribution in [0.5, 0.6) is 0 Å². The molecule has 0 heterocycles. The van der Waals surface area contributed by atoms with Crippen LogP contribution in [-0.4, -0.2) is 29.4 Å². The maximum atomic E-state index is 12.7. The van der Waals surface area contributed by atoms with Gasteiger partial charge in [-0.1, -0.05) is 17.7 Å². The minimum atomic E-state index is 0.0398. The standard InChI is InChI=1S/C16H23ClN2O/c1-3-19(13-7-5-12(18)6-8-13)16(20)14-9-4-11(2)10-15(14)17/h4,9-10,12-13H,3,5-8,18H2,1-2H3. The summed E-state index contributed by atoms with van der Waals surface area (Å²) >= 11 is 6.22. The molecule has 0 aromatic heterocycles. The van der Waals surface area contributed by atoms with Gasteiger partial charge in [-0.05, 0) is 57.2 Å². The molecule has 0 spiro atoms. The van der Waals surface area contributed by atoms with Crippen molar-refractivity contribution < 1.29 is 4.79 Å². The molecule has 2 N–H and O–H groups in total. The lowest BCUT2D eigenvalue weighted by Crippen LogP contribution is -2.44. The molecule has 2 rings (SSSR count). The number of nitrogens with two attached hydrogens (primary N) is 1. The SMILES string of the molecule is CCN(C(=O)c1ccc(C)cc1Cl)C1CCC(N)CC1. The summed E-state index contributed by atoms with van der Waals surface area (Å²) in [4.78, 5) is 14.6. The van der Waals surface area contributed by atoms with Crippen molar-refractivity contribution in [1.82, 2.24) is 4.90 Å². The van der Waals surface area contributed by atoms with Crippen molar-refractivity contribution in [1.29, 1.82) is 0 Å². The smallest absolute Gasteiger partial charge is 0.255 e. The lowest BCUT2D eigenvalue weighted by Gasteiger charge is -2.35. The highest BCUT2D eigenvalue weighted by Crippen LogP contribution is 2.26. The van der Waals surface area contributed by atoms with E-state index in [4.69, 9.17) is 17.3 Å². The molecule has 1 saturated carbocycles. The Hall–Kier alpha value is -1.06. The van der Waals surface area contributed by atoms with Crippen molar-refractivity contribution >= 4 is 17.5 Å². The molecule has 0 radical (unpaired) electrons. The predicted octanol–water partition coefficient (Wildman–Crippen LogP) is 3.38. The normalized spacial score (nSPS) is 22.6. The molecule has 1 aliphatic carbocycles. The summed E-state index contributed by atoms with van der Waals surface area (Å²) in [5, 5.41) is 0.543. The maximum absolute atomic E-state index is 12.7. The highest BCUT2D eigenvalue weighted by molar-refractivity contribution is 6.33. The average molecular weight is 295 g/mol. The fourth-order valence-corrected chi connectivity index (χ4v) is 3.25. The third-order valence-corrected chi connectivity index (χ3v) is 4.45. The van der Waals surface area contributed by atoms with Gasteiger partial charge in [-0.15, -0.1) is 0 Å². The molecule has 110 valence electrons. The Morgan fingerprint density at radius 3 is 2.55 bits per heavy atom. The molecule has 0 aliphatic heterocycles. The molecule has 1 amide bonds. The van der Waals surface area contributed by atoms with Crippen molar-refractivity contribution in [3.63, 3.8) is 0 Å². The molecule has 4 heteroatoms. The van der Waals surface area contributed by atoms with Crippen molar-refractivity contribution in [3.8, 4) is 0 Å². The second kappa shape index (κ2) is 6.59. The number of carbonyl (C=O) groups excluding carboxylic acids is 1. The van der Waals surface area contributed by atoms with Gasteiger partial charge in [0.25, 0.3) is 5.91 Å². The first-order valence-corrected chi connectivity index (χ1v) is 7.73. The van der Waals surface area contributed by atoms with Gasteiger partial charge in [0.15, 0.2) is 0 Å². The summed E-state index contributed by atoms with van der Waals surface area (Å²) in [6.45, 7) is 4.71. The van der Waals surface area contributed by atoms with Crippen LogP contribution in [-0.2, 0) is 0 Å². The Bertz CT molecular complexity index is 481. The number of aryl methyl sites for hydroxylation is 1. The average Bonchev–Trinajstić information content (AvgIpc) is 2.41. The van der Waals surface area contributed by atoms with E-state index >= 15 is 0 Å². The third-order valence-electron chi connectivity index (χ3n) is 4.14. The molecule has 1 aromatic rings. The molecular weight excluding hydrogens is 272 g/mol. The minimum absolute atomic E-state index is 0.0398. The van der Waals surface area contributed by atoms with E-state index in [1.54, 1.807) is 0 Å². The molecule has 1 aromatic carbocycles. The summed E-state index contributed by atoms with van der Waals surface area (Å²) in [6.07, 6.45) is 3.97. The Morgan fingerprint density at radius 1 is 1.35 bits per heavy atom. The first kappa shape index (κ1) is 15.3. The summed E-state index contributed by atoms with van der Waals surface area (Å²) in [5.41, 5.74) is 7.62. The third kappa shape index (κ3) is 3.33. The van der Waals surface area contributed by atoms with Crippen LogP contribution in [0, 0.1) is 6.92 Å². The molecule has 20 heavy (non-hydrogen) atoms. The number of halogens is 1. The van der Waals surface area contributed by atoms with Crippen molar-refractivity contribution in [2.75, 3.05) is 6.54 Å². The molecule has 0 atom stereocenters. The van der Waals surface area contributed by atoms with Crippen LogP contribution >= 0.6 is 11.6 Å². The summed E-state index contributed by atoms with van der Waals surface area (Å²) in [6, 6.07) is 6.20. The second-order valence-electron chi connectivity index (χ2n) is 5.64. The van der Waals surface area contributed by atoms with Crippen molar-refractivity contribution in [2.45, 2.75) is 51.6 Å². The van der Waals surface area contributed by atoms with Crippen LogP contribution < -0.4 is 5.73 Å². The molecule has 3 nitrogen and oxygen atoms in total. The van der Waals surface area contributed by atoms with E-state index in [0.29, 0.717) is 29.2 Å². The van der Waals surface area contributed by atoms with Gasteiger partial charge in [-0.2, -0.15) is 0 Å². The lowest BCUT2D eigenvalue weighted by atomic mass is 9.90. The molecule has 1 aliphatic rings. The first-order chi connectivity index (χ1) is 9.52. The number of rotatable bonds is 3. The Labute approximate surface area is 126 Å². The monoisotopic (exact) mass is 294 g/mol. The zero-order valence-electron chi connectivity index (χ0n) is 12.2. The minimum Gasteiger partial charge on any atom is -0.336 e. The van der Waals surface area contributed by atoms with Gasteiger partial charge >= 0.3 is 0 Å². The van der Waals surface area contributed by atoms with E-state index < -0.39 is 0 Å². The fourth-order valence-electron chi connectivity index (χ4n) is 2.93.